The minimum Gasteiger partial charge on any atom is -0.382 e. The van der Waals surface area contributed by atoms with E-state index < -0.39 is 20.9 Å². The number of anilines is 1. The summed E-state index contributed by atoms with van der Waals surface area (Å²) in [6, 6.07) is 15.2. The summed E-state index contributed by atoms with van der Waals surface area (Å²) in [4.78, 5) is 8.55. The summed E-state index contributed by atoms with van der Waals surface area (Å²) in [5.41, 5.74) is 7.44. The molecule has 0 unspecified atom stereocenters. The van der Waals surface area contributed by atoms with Gasteiger partial charge in [-0.05, 0) is 37.6 Å². The largest absolute Gasteiger partial charge is 0.382 e. The molecule has 7 heteroatoms. The molecule has 3 aromatic rings. The van der Waals surface area contributed by atoms with E-state index in [-0.39, 0.29) is 16.4 Å². The number of sulfone groups is 1. The highest BCUT2D eigenvalue weighted by Crippen LogP contribution is 2.26. The number of halogens is 1. The van der Waals surface area contributed by atoms with Gasteiger partial charge in [0.2, 0.25) is 0 Å². The predicted molar refractivity (Wildman–Crippen MR) is 110 cm³/mol. The van der Waals surface area contributed by atoms with Crippen LogP contribution in [0.3, 0.4) is 0 Å². The summed E-state index contributed by atoms with van der Waals surface area (Å²) in [7, 11) is -3.36. The molecular formula is C21H20FN3O2S. The van der Waals surface area contributed by atoms with E-state index in [1.54, 1.807) is 50.2 Å². The van der Waals surface area contributed by atoms with Crippen LogP contribution in [0.4, 0.5) is 10.2 Å². The van der Waals surface area contributed by atoms with Crippen molar-refractivity contribution in [1.82, 2.24) is 9.97 Å². The fourth-order valence-corrected chi connectivity index (χ4v) is 3.62. The Morgan fingerprint density at radius 3 is 2.32 bits per heavy atom. The number of rotatable bonds is 5. The van der Waals surface area contributed by atoms with Crippen molar-refractivity contribution < 1.29 is 12.8 Å². The Kier molecular flexibility index (Phi) is 5.56. The van der Waals surface area contributed by atoms with Gasteiger partial charge < -0.3 is 5.73 Å². The van der Waals surface area contributed by atoms with Gasteiger partial charge in [-0.2, -0.15) is 0 Å². The Hall–Kier alpha value is -3.06. The molecule has 0 aliphatic heterocycles. The lowest BCUT2D eigenvalue weighted by Crippen LogP contribution is -2.13. The molecule has 0 radical (unpaired) electrons. The maximum Gasteiger partial charge on any atom is 0.180 e. The van der Waals surface area contributed by atoms with Gasteiger partial charge in [-0.25, -0.2) is 22.8 Å². The van der Waals surface area contributed by atoms with Gasteiger partial charge in [0.05, 0.1) is 22.0 Å². The molecule has 0 spiro atoms. The Bertz CT molecular complexity index is 1110. The lowest BCUT2D eigenvalue weighted by atomic mass is 10.1. The highest BCUT2D eigenvalue weighted by Gasteiger charge is 2.19. The van der Waals surface area contributed by atoms with Crippen molar-refractivity contribution in [2.24, 2.45) is 0 Å². The molecule has 2 aromatic carbocycles. The van der Waals surface area contributed by atoms with E-state index in [1.807, 2.05) is 6.07 Å². The van der Waals surface area contributed by atoms with Crippen molar-refractivity contribution in [3.63, 3.8) is 0 Å². The summed E-state index contributed by atoms with van der Waals surface area (Å²) in [5, 5.41) is -0.515. The molecule has 0 fully saturated rings. The summed E-state index contributed by atoms with van der Waals surface area (Å²) in [6.45, 7) is 3.26. The Balaban J connectivity index is 1.97. The third kappa shape index (κ3) is 4.09. The quantitative estimate of drug-likeness (QED) is 0.691. The molecule has 0 saturated heterocycles. The van der Waals surface area contributed by atoms with Crippen molar-refractivity contribution in [2.45, 2.75) is 24.0 Å². The summed E-state index contributed by atoms with van der Waals surface area (Å²) >= 11 is 0. The summed E-state index contributed by atoms with van der Waals surface area (Å²) in [6.07, 6.45) is 2.77. The fourth-order valence-electron chi connectivity index (χ4n) is 2.56. The zero-order chi connectivity index (χ0) is 20.3. The summed E-state index contributed by atoms with van der Waals surface area (Å²) in [5.74, 6) is -0.621. The van der Waals surface area contributed by atoms with Crippen LogP contribution in [0, 0.1) is 0 Å². The van der Waals surface area contributed by atoms with Gasteiger partial charge in [0.25, 0.3) is 0 Å². The number of hydrogen-bond donors (Lipinski definition) is 1. The molecule has 28 heavy (non-hydrogen) atoms. The maximum atomic E-state index is 14.7. The van der Waals surface area contributed by atoms with Crippen LogP contribution in [-0.4, -0.2) is 23.6 Å². The van der Waals surface area contributed by atoms with Crippen LogP contribution in [0.1, 0.15) is 25.1 Å². The van der Waals surface area contributed by atoms with Gasteiger partial charge in [0, 0.05) is 5.56 Å². The second kappa shape index (κ2) is 7.90. The monoisotopic (exact) mass is 397 g/mol. The van der Waals surface area contributed by atoms with E-state index >= 15 is 0 Å². The highest BCUT2D eigenvalue weighted by molar-refractivity contribution is 7.92. The number of nitrogen functional groups attached to an aromatic ring is 1. The molecule has 0 atom stereocenters. The van der Waals surface area contributed by atoms with E-state index in [0.717, 1.165) is 0 Å². The minimum absolute atomic E-state index is 0.0209. The zero-order valence-corrected chi connectivity index (χ0v) is 16.3. The molecule has 1 aromatic heterocycles. The lowest BCUT2D eigenvalue weighted by Gasteiger charge is -2.09. The highest BCUT2D eigenvalue weighted by atomic mass is 32.2. The van der Waals surface area contributed by atoms with Crippen LogP contribution in [-0.2, 0) is 9.84 Å². The molecule has 5 nitrogen and oxygen atoms in total. The smallest absolute Gasteiger partial charge is 0.180 e. The van der Waals surface area contributed by atoms with E-state index in [4.69, 9.17) is 5.73 Å². The molecular weight excluding hydrogens is 377 g/mol. The maximum absolute atomic E-state index is 14.7. The molecule has 0 bridgehead atoms. The first-order valence-electron chi connectivity index (χ1n) is 8.68. The van der Waals surface area contributed by atoms with E-state index in [2.05, 4.69) is 9.97 Å². The van der Waals surface area contributed by atoms with Crippen molar-refractivity contribution in [3.05, 3.63) is 72.1 Å². The predicted octanol–water partition coefficient (Wildman–Crippen LogP) is 4.38. The first-order chi connectivity index (χ1) is 13.3. The standard InChI is InChI=1S/C21H20FN3O2S/c1-14(2)28(26,27)17-10-8-16(9-11-17)19-13-24-21(23)20(25-19)18(22)12-15-6-4-3-5-7-15/h3-14H,1-2H3,(H2,23,24). The first-order valence-corrected chi connectivity index (χ1v) is 10.2. The second-order valence-electron chi connectivity index (χ2n) is 6.51. The van der Waals surface area contributed by atoms with E-state index in [1.165, 1.54) is 24.4 Å². The van der Waals surface area contributed by atoms with E-state index in [0.29, 0.717) is 16.8 Å². The lowest BCUT2D eigenvalue weighted by molar-refractivity contribution is 0.587. The Labute approximate surface area is 163 Å². The molecule has 0 saturated carbocycles. The number of nitrogens with two attached hydrogens (primary N) is 1. The Morgan fingerprint density at radius 2 is 1.71 bits per heavy atom. The Morgan fingerprint density at radius 1 is 1.07 bits per heavy atom. The topological polar surface area (TPSA) is 85.9 Å². The molecule has 0 aliphatic carbocycles. The van der Waals surface area contributed by atoms with Crippen LogP contribution in [0.15, 0.2) is 65.7 Å². The van der Waals surface area contributed by atoms with E-state index in [9.17, 15) is 12.8 Å². The second-order valence-corrected chi connectivity index (χ2v) is 9.01. The molecule has 144 valence electrons. The van der Waals surface area contributed by atoms with Gasteiger partial charge in [-0.3, -0.25) is 0 Å². The third-order valence-electron chi connectivity index (χ3n) is 4.22. The minimum atomic E-state index is -3.36. The van der Waals surface area contributed by atoms with Crippen molar-refractivity contribution in [1.29, 1.82) is 0 Å². The van der Waals surface area contributed by atoms with Gasteiger partial charge in [-0.1, -0.05) is 42.5 Å². The normalized spacial score (nSPS) is 12.4. The van der Waals surface area contributed by atoms with Crippen LogP contribution < -0.4 is 5.73 Å². The zero-order valence-electron chi connectivity index (χ0n) is 15.5. The SMILES string of the molecule is CC(C)S(=O)(=O)c1ccc(-c2cnc(N)c(C(F)=Cc3ccccc3)n2)cc1. The molecule has 0 aliphatic rings. The third-order valence-corrected chi connectivity index (χ3v) is 6.39. The van der Waals surface area contributed by atoms with Crippen molar-refractivity contribution >= 4 is 27.6 Å². The van der Waals surface area contributed by atoms with Crippen LogP contribution in [0.2, 0.25) is 0 Å². The van der Waals surface area contributed by atoms with Crippen molar-refractivity contribution in [3.8, 4) is 11.3 Å². The van der Waals surface area contributed by atoms with Gasteiger partial charge >= 0.3 is 0 Å². The van der Waals surface area contributed by atoms with Crippen LogP contribution in [0.5, 0.6) is 0 Å². The molecule has 0 amide bonds. The number of aromatic nitrogens is 2. The number of nitrogens with zero attached hydrogens (tertiary/aromatic N) is 2. The average molecular weight is 397 g/mol. The van der Waals surface area contributed by atoms with Gasteiger partial charge in [-0.15, -0.1) is 0 Å². The summed E-state index contributed by atoms with van der Waals surface area (Å²) < 4.78 is 39.2. The molecule has 3 rings (SSSR count). The first kappa shape index (κ1) is 19.7. The van der Waals surface area contributed by atoms with Gasteiger partial charge in [0.15, 0.2) is 21.5 Å². The van der Waals surface area contributed by atoms with Crippen molar-refractivity contribution in [2.75, 3.05) is 5.73 Å². The van der Waals surface area contributed by atoms with Gasteiger partial charge in [0.1, 0.15) is 5.69 Å². The van der Waals surface area contributed by atoms with Crippen LogP contribution >= 0.6 is 0 Å². The number of benzene rings is 2. The average Bonchev–Trinajstić information content (AvgIpc) is 2.69. The fraction of sp³-hybridized carbons (Fsp3) is 0.143. The van der Waals surface area contributed by atoms with Crippen LogP contribution in [0.25, 0.3) is 23.2 Å². The number of hydrogen-bond acceptors (Lipinski definition) is 5. The molecule has 1 heterocycles. The molecule has 2 N–H and O–H groups in total.